The number of thiazole rings is 1. The third kappa shape index (κ3) is 3.37. The van der Waals surface area contributed by atoms with Gasteiger partial charge in [0.25, 0.3) is 0 Å². The van der Waals surface area contributed by atoms with Gasteiger partial charge in [-0.1, -0.05) is 13.3 Å². The van der Waals surface area contributed by atoms with Crippen LogP contribution in [0.2, 0.25) is 0 Å². The lowest BCUT2D eigenvalue weighted by Crippen LogP contribution is -1.99. The molecule has 0 saturated carbocycles. The van der Waals surface area contributed by atoms with Crippen molar-refractivity contribution < 1.29 is 14.6 Å². The molecule has 2 aromatic heterocycles. The van der Waals surface area contributed by atoms with Gasteiger partial charge in [-0.15, -0.1) is 22.7 Å². The quantitative estimate of drug-likeness (QED) is 0.874. The molecule has 0 atom stereocenters. The number of hydrogen-bond donors (Lipinski definition) is 1. The summed E-state index contributed by atoms with van der Waals surface area (Å²) in [5.41, 5.74) is 1.00. The van der Waals surface area contributed by atoms with E-state index >= 15 is 0 Å². The fraction of sp³-hybridized carbons (Fsp3) is 0.429. The predicted molar refractivity (Wildman–Crippen MR) is 81.2 cm³/mol. The van der Waals surface area contributed by atoms with Gasteiger partial charge in [0.05, 0.1) is 5.69 Å². The molecular weight excluding hydrogens is 294 g/mol. The minimum atomic E-state index is -0.932. The maximum Gasteiger partial charge on any atom is 0.349 e. The van der Waals surface area contributed by atoms with Gasteiger partial charge in [-0.2, -0.15) is 0 Å². The summed E-state index contributed by atoms with van der Waals surface area (Å²) in [6, 6.07) is 1.84. The molecule has 0 fully saturated rings. The second kappa shape index (κ2) is 6.37. The number of rotatable bonds is 6. The van der Waals surface area contributed by atoms with Crippen molar-refractivity contribution >= 4 is 28.6 Å². The molecule has 0 bridgehead atoms. The van der Waals surface area contributed by atoms with E-state index in [2.05, 4.69) is 11.9 Å². The van der Waals surface area contributed by atoms with Crippen LogP contribution >= 0.6 is 22.7 Å². The molecule has 6 heteroatoms. The standard InChI is InChI=1S/C14H17NO3S2/c1-4-5-10-6-11(13(20-10)14(16)17)18-7-12-15-8(2)9(3)19-12/h6H,4-5,7H2,1-3H3,(H,16,17). The van der Waals surface area contributed by atoms with Crippen LogP contribution in [0, 0.1) is 13.8 Å². The van der Waals surface area contributed by atoms with Crippen LogP contribution in [0.4, 0.5) is 0 Å². The zero-order chi connectivity index (χ0) is 14.7. The fourth-order valence-corrected chi connectivity index (χ4v) is 3.68. The Balaban J connectivity index is 2.13. The highest BCUT2D eigenvalue weighted by Gasteiger charge is 2.17. The minimum Gasteiger partial charge on any atom is -0.485 e. The highest BCUT2D eigenvalue weighted by Crippen LogP contribution is 2.31. The first-order valence-electron chi connectivity index (χ1n) is 6.43. The van der Waals surface area contributed by atoms with E-state index in [-0.39, 0.29) is 4.88 Å². The summed E-state index contributed by atoms with van der Waals surface area (Å²) in [5.74, 6) is -0.477. The first kappa shape index (κ1) is 15.0. The van der Waals surface area contributed by atoms with Gasteiger partial charge >= 0.3 is 5.97 Å². The average molecular weight is 311 g/mol. The van der Waals surface area contributed by atoms with Crippen LogP contribution < -0.4 is 4.74 Å². The number of hydrogen-bond acceptors (Lipinski definition) is 5. The lowest BCUT2D eigenvalue weighted by Gasteiger charge is -2.02. The topological polar surface area (TPSA) is 59.4 Å². The molecule has 0 radical (unpaired) electrons. The Hall–Kier alpha value is -1.40. The van der Waals surface area contributed by atoms with Crippen molar-refractivity contribution in [1.82, 2.24) is 4.98 Å². The van der Waals surface area contributed by atoms with Crippen molar-refractivity contribution in [1.29, 1.82) is 0 Å². The highest BCUT2D eigenvalue weighted by atomic mass is 32.1. The van der Waals surface area contributed by atoms with Gasteiger partial charge in [0, 0.05) is 9.75 Å². The third-order valence-corrected chi connectivity index (χ3v) is 5.07. The van der Waals surface area contributed by atoms with Crippen molar-refractivity contribution in [3.63, 3.8) is 0 Å². The number of carboxylic acid groups (broad SMARTS) is 1. The maximum absolute atomic E-state index is 11.2. The van der Waals surface area contributed by atoms with Crippen LogP contribution in [0.25, 0.3) is 0 Å². The molecule has 1 N–H and O–H groups in total. The van der Waals surface area contributed by atoms with E-state index in [1.165, 1.54) is 16.2 Å². The molecule has 2 aromatic rings. The number of ether oxygens (including phenoxy) is 1. The van der Waals surface area contributed by atoms with Crippen molar-refractivity contribution in [3.05, 3.63) is 31.4 Å². The maximum atomic E-state index is 11.2. The van der Waals surface area contributed by atoms with Crippen molar-refractivity contribution in [2.24, 2.45) is 0 Å². The fourth-order valence-electron chi connectivity index (χ4n) is 1.79. The van der Waals surface area contributed by atoms with Crippen LogP contribution in [0.5, 0.6) is 5.75 Å². The predicted octanol–water partition coefficient (Wildman–Crippen LogP) is 4.05. The smallest absolute Gasteiger partial charge is 0.349 e. The second-order valence-corrected chi connectivity index (χ2v) is 6.92. The summed E-state index contributed by atoms with van der Waals surface area (Å²) in [6.45, 7) is 6.37. The largest absolute Gasteiger partial charge is 0.485 e. The lowest BCUT2D eigenvalue weighted by molar-refractivity contribution is 0.0697. The Labute approximate surface area is 126 Å². The number of thiophene rings is 1. The van der Waals surface area contributed by atoms with Crippen LogP contribution in [0.15, 0.2) is 6.07 Å². The van der Waals surface area contributed by atoms with Crippen LogP contribution in [-0.2, 0) is 13.0 Å². The molecule has 2 rings (SSSR count). The number of carboxylic acids is 1. The van der Waals surface area contributed by atoms with Gasteiger partial charge in [0.2, 0.25) is 0 Å². The molecule has 0 aromatic carbocycles. The van der Waals surface area contributed by atoms with E-state index in [9.17, 15) is 9.90 Å². The zero-order valence-corrected chi connectivity index (χ0v) is 13.4. The number of aromatic carboxylic acids is 1. The van der Waals surface area contributed by atoms with Crippen LogP contribution in [-0.4, -0.2) is 16.1 Å². The molecule has 108 valence electrons. The summed E-state index contributed by atoms with van der Waals surface area (Å²) in [4.78, 5) is 18.1. The SMILES string of the molecule is CCCc1cc(OCc2nc(C)c(C)s2)c(C(=O)O)s1. The summed E-state index contributed by atoms with van der Waals surface area (Å²) < 4.78 is 5.66. The normalized spacial score (nSPS) is 10.8. The van der Waals surface area contributed by atoms with Gasteiger partial charge in [0.15, 0.2) is 4.88 Å². The Morgan fingerprint density at radius 1 is 1.40 bits per heavy atom. The first-order valence-corrected chi connectivity index (χ1v) is 8.06. The van der Waals surface area contributed by atoms with E-state index in [1.54, 1.807) is 11.3 Å². The summed E-state index contributed by atoms with van der Waals surface area (Å²) >= 11 is 2.88. The monoisotopic (exact) mass is 311 g/mol. The van der Waals surface area contributed by atoms with E-state index < -0.39 is 5.97 Å². The highest BCUT2D eigenvalue weighted by molar-refractivity contribution is 7.14. The molecule has 20 heavy (non-hydrogen) atoms. The number of aromatic nitrogens is 1. The molecule has 0 saturated heterocycles. The van der Waals surface area contributed by atoms with Gasteiger partial charge in [0.1, 0.15) is 17.4 Å². The molecular formula is C14H17NO3S2. The van der Waals surface area contributed by atoms with Gasteiger partial charge in [-0.25, -0.2) is 9.78 Å². The first-order chi connectivity index (χ1) is 9.51. The van der Waals surface area contributed by atoms with E-state index in [4.69, 9.17) is 4.74 Å². The van der Waals surface area contributed by atoms with Crippen molar-refractivity contribution in [2.45, 2.75) is 40.2 Å². The molecule has 4 nitrogen and oxygen atoms in total. The molecule has 0 aliphatic rings. The Morgan fingerprint density at radius 2 is 2.15 bits per heavy atom. The molecule has 0 aliphatic carbocycles. The molecule has 2 heterocycles. The number of aryl methyl sites for hydroxylation is 3. The van der Waals surface area contributed by atoms with E-state index in [0.717, 1.165) is 28.4 Å². The molecule has 0 amide bonds. The van der Waals surface area contributed by atoms with Gasteiger partial charge in [-0.3, -0.25) is 0 Å². The Kier molecular flexibility index (Phi) is 4.77. The Morgan fingerprint density at radius 3 is 2.70 bits per heavy atom. The van der Waals surface area contributed by atoms with E-state index in [0.29, 0.717) is 12.4 Å². The molecule has 0 spiro atoms. The third-order valence-electron chi connectivity index (χ3n) is 2.86. The molecule has 0 unspecified atom stereocenters. The van der Waals surface area contributed by atoms with Gasteiger partial charge < -0.3 is 9.84 Å². The van der Waals surface area contributed by atoms with E-state index in [1.807, 2.05) is 19.9 Å². The van der Waals surface area contributed by atoms with Crippen molar-refractivity contribution in [3.8, 4) is 5.75 Å². The number of carbonyl (C=O) groups is 1. The summed E-state index contributed by atoms with van der Waals surface area (Å²) in [6.07, 6.45) is 1.87. The molecule has 0 aliphatic heterocycles. The summed E-state index contributed by atoms with van der Waals surface area (Å²) in [5, 5.41) is 10.1. The van der Waals surface area contributed by atoms with Crippen LogP contribution in [0.1, 0.15) is 43.5 Å². The Bertz CT molecular complexity index is 596. The minimum absolute atomic E-state index is 0.276. The average Bonchev–Trinajstić information content (AvgIpc) is 2.92. The number of nitrogens with zero attached hydrogens (tertiary/aromatic N) is 1. The van der Waals surface area contributed by atoms with Gasteiger partial charge in [-0.05, 0) is 26.3 Å². The van der Waals surface area contributed by atoms with Crippen LogP contribution in [0.3, 0.4) is 0 Å². The summed E-state index contributed by atoms with van der Waals surface area (Å²) in [7, 11) is 0. The lowest BCUT2D eigenvalue weighted by atomic mass is 10.3. The zero-order valence-electron chi connectivity index (χ0n) is 11.7. The van der Waals surface area contributed by atoms with Crippen molar-refractivity contribution in [2.75, 3.05) is 0 Å². The second-order valence-electron chi connectivity index (χ2n) is 4.50.